The highest BCUT2D eigenvalue weighted by Crippen LogP contribution is 2.19. The average Bonchev–Trinajstić information content (AvgIpc) is 2.61. The van der Waals surface area contributed by atoms with E-state index < -0.39 is 6.09 Å². The lowest BCUT2D eigenvalue weighted by Gasteiger charge is -2.06. The fourth-order valence-electron chi connectivity index (χ4n) is 1.42. The zero-order chi connectivity index (χ0) is 11.7. The zero-order valence-corrected chi connectivity index (χ0v) is 8.88. The molecule has 7 nitrogen and oxygen atoms in total. The highest BCUT2D eigenvalue weighted by atomic mass is 16.4. The molecule has 0 aromatic carbocycles. The second-order valence-electron chi connectivity index (χ2n) is 3.57. The summed E-state index contributed by atoms with van der Waals surface area (Å²) in [4.78, 5) is 22.6. The largest absolute Gasteiger partial charge is 0.465 e. The minimum atomic E-state index is -1.17. The van der Waals surface area contributed by atoms with E-state index in [4.69, 9.17) is 5.11 Å². The minimum Gasteiger partial charge on any atom is -0.465 e. The minimum absolute atomic E-state index is 0.205. The molecule has 2 rings (SSSR count). The first kappa shape index (κ1) is 10.3. The van der Waals surface area contributed by atoms with Crippen LogP contribution in [0, 0.1) is 0 Å². The highest BCUT2D eigenvalue weighted by Gasteiger charge is 2.12. The molecule has 0 aliphatic rings. The second kappa shape index (κ2) is 3.76. The quantitative estimate of drug-likeness (QED) is 0.801. The Balaban J connectivity index is 2.57. The van der Waals surface area contributed by atoms with Gasteiger partial charge < -0.3 is 9.67 Å². The number of nitrogens with one attached hydrogen (secondary N) is 1. The number of imidazole rings is 1. The van der Waals surface area contributed by atoms with Crippen LogP contribution in [-0.4, -0.2) is 30.7 Å². The standard InChI is InChI=1S/C9H11N5O2/c1-5(2)14-4-12-6-7(13-9(15)16)10-3-11-8(6)14/h3-5H,1-2H3,(H,15,16)(H,10,11,13). The van der Waals surface area contributed by atoms with Crippen molar-refractivity contribution in [2.75, 3.05) is 5.32 Å². The van der Waals surface area contributed by atoms with Gasteiger partial charge in [-0.05, 0) is 13.8 Å². The van der Waals surface area contributed by atoms with Crippen molar-refractivity contribution in [3.8, 4) is 0 Å². The number of carboxylic acid groups (broad SMARTS) is 1. The van der Waals surface area contributed by atoms with Crippen molar-refractivity contribution in [1.29, 1.82) is 0 Å². The number of nitrogens with zero attached hydrogens (tertiary/aromatic N) is 4. The van der Waals surface area contributed by atoms with Crippen molar-refractivity contribution in [2.45, 2.75) is 19.9 Å². The van der Waals surface area contributed by atoms with Crippen LogP contribution in [0.15, 0.2) is 12.7 Å². The molecule has 0 spiro atoms. The molecular formula is C9H11N5O2. The van der Waals surface area contributed by atoms with Crippen LogP contribution in [0.4, 0.5) is 10.6 Å². The molecule has 0 unspecified atom stereocenters. The molecule has 2 aromatic rings. The van der Waals surface area contributed by atoms with Crippen LogP contribution in [0.3, 0.4) is 0 Å². The van der Waals surface area contributed by atoms with Crippen molar-refractivity contribution >= 4 is 23.1 Å². The van der Waals surface area contributed by atoms with Gasteiger partial charge in [-0.25, -0.2) is 19.7 Å². The van der Waals surface area contributed by atoms with Crippen LogP contribution in [0.25, 0.3) is 11.2 Å². The van der Waals surface area contributed by atoms with Crippen LogP contribution in [-0.2, 0) is 0 Å². The van der Waals surface area contributed by atoms with Gasteiger partial charge in [0.2, 0.25) is 0 Å². The SMILES string of the molecule is CC(C)n1cnc2c(NC(=O)O)ncnc21. The van der Waals surface area contributed by atoms with Gasteiger partial charge >= 0.3 is 6.09 Å². The molecule has 0 aliphatic heterocycles. The number of fused-ring (bicyclic) bond motifs is 1. The number of aromatic nitrogens is 4. The van der Waals surface area contributed by atoms with Crippen LogP contribution >= 0.6 is 0 Å². The molecule has 1 amide bonds. The van der Waals surface area contributed by atoms with Crippen LogP contribution < -0.4 is 5.32 Å². The van der Waals surface area contributed by atoms with Crippen molar-refractivity contribution in [3.63, 3.8) is 0 Å². The van der Waals surface area contributed by atoms with E-state index >= 15 is 0 Å². The van der Waals surface area contributed by atoms with E-state index in [9.17, 15) is 4.79 Å². The summed E-state index contributed by atoms with van der Waals surface area (Å²) in [5.41, 5.74) is 1.08. The summed E-state index contributed by atoms with van der Waals surface area (Å²) in [6, 6.07) is 0.206. The van der Waals surface area contributed by atoms with E-state index in [1.165, 1.54) is 6.33 Å². The summed E-state index contributed by atoms with van der Waals surface area (Å²) in [6.07, 6.45) is 1.77. The molecule has 2 aromatic heterocycles. The molecule has 2 heterocycles. The van der Waals surface area contributed by atoms with E-state index in [2.05, 4.69) is 20.3 Å². The van der Waals surface area contributed by atoms with E-state index in [0.717, 1.165) is 0 Å². The van der Waals surface area contributed by atoms with E-state index in [-0.39, 0.29) is 11.9 Å². The fourth-order valence-corrected chi connectivity index (χ4v) is 1.42. The smallest absolute Gasteiger partial charge is 0.410 e. The summed E-state index contributed by atoms with van der Waals surface area (Å²) >= 11 is 0. The maximum absolute atomic E-state index is 10.5. The molecule has 0 saturated heterocycles. The monoisotopic (exact) mass is 221 g/mol. The molecule has 7 heteroatoms. The molecule has 0 atom stereocenters. The van der Waals surface area contributed by atoms with Gasteiger partial charge in [0.1, 0.15) is 6.33 Å². The topological polar surface area (TPSA) is 92.9 Å². The third-order valence-electron chi connectivity index (χ3n) is 2.14. The Bertz CT molecular complexity index is 534. The Kier molecular flexibility index (Phi) is 2.43. The Morgan fingerprint density at radius 2 is 2.19 bits per heavy atom. The van der Waals surface area contributed by atoms with Crippen molar-refractivity contribution in [3.05, 3.63) is 12.7 Å². The summed E-state index contributed by atoms with van der Waals surface area (Å²) < 4.78 is 1.85. The molecule has 0 aliphatic carbocycles. The van der Waals surface area contributed by atoms with Gasteiger partial charge in [-0.15, -0.1) is 0 Å². The lowest BCUT2D eigenvalue weighted by atomic mass is 10.4. The average molecular weight is 221 g/mol. The Hall–Kier alpha value is -2.18. The summed E-state index contributed by atoms with van der Waals surface area (Å²) in [7, 11) is 0. The molecule has 0 bridgehead atoms. The maximum atomic E-state index is 10.5. The number of rotatable bonds is 2. The van der Waals surface area contributed by atoms with E-state index in [1.54, 1.807) is 6.33 Å². The number of hydrogen-bond donors (Lipinski definition) is 2. The summed E-state index contributed by atoms with van der Waals surface area (Å²) in [5, 5.41) is 10.8. The second-order valence-corrected chi connectivity index (χ2v) is 3.57. The first-order valence-corrected chi connectivity index (χ1v) is 4.77. The fraction of sp³-hybridized carbons (Fsp3) is 0.333. The molecule has 16 heavy (non-hydrogen) atoms. The predicted molar refractivity (Wildman–Crippen MR) is 57.4 cm³/mol. The summed E-state index contributed by atoms with van der Waals surface area (Å²) in [5.74, 6) is 0.205. The third-order valence-corrected chi connectivity index (χ3v) is 2.14. The van der Waals surface area contributed by atoms with Crippen LogP contribution in [0.2, 0.25) is 0 Å². The van der Waals surface area contributed by atoms with Gasteiger partial charge in [0.25, 0.3) is 0 Å². The zero-order valence-electron chi connectivity index (χ0n) is 8.88. The van der Waals surface area contributed by atoms with Gasteiger partial charge in [0, 0.05) is 6.04 Å². The normalized spacial score (nSPS) is 10.9. The first-order valence-electron chi connectivity index (χ1n) is 4.77. The number of hydrogen-bond acceptors (Lipinski definition) is 4. The van der Waals surface area contributed by atoms with Gasteiger partial charge in [-0.3, -0.25) is 5.32 Å². The van der Waals surface area contributed by atoms with Crippen LogP contribution in [0.5, 0.6) is 0 Å². The first-order chi connectivity index (χ1) is 7.59. The van der Waals surface area contributed by atoms with Gasteiger partial charge in [-0.2, -0.15) is 0 Å². The Morgan fingerprint density at radius 3 is 2.81 bits per heavy atom. The Morgan fingerprint density at radius 1 is 1.44 bits per heavy atom. The van der Waals surface area contributed by atoms with Crippen LogP contribution in [0.1, 0.15) is 19.9 Å². The van der Waals surface area contributed by atoms with Gasteiger partial charge in [-0.1, -0.05) is 0 Å². The number of anilines is 1. The highest BCUT2D eigenvalue weighted by molar-refractivity contribution is 5.92. The van der Waals surface area contributed by atoms with Crippen molar-refractivity contribution < 1.29 is 9.90 Å². The summed E-state index contributed by atoms with van der Waals surface area (Å²) in [6.45, 7) is 3.99. The molecular weight excluding hydrogens is 210 g/mol. The lowest BCUT2D eigenvalue weighted by Crippen LogP contribution is -2.09. The van der Waals surface area contributed by atoms with E-state index in [0.29, 0.717) is 11.2 Å². The third kappa shape index (κ3) is 1.67. The molecule has 2 N–H and O–H groups in total. The number of carbonyl (C=O) groups is 1. The van der Waals surface area contributed by atoms with Gasteiger partial charge in [0.05, 0.1) is 6.33 Å². The number of amides is 1. The van der Waals surface area contributed by atoms with Crippen molar-refractivity contribution in [1.82, 2.24) is 19.5 Å². The lowest BCUT2D eigenvalue weighted by molar-refractivity contribution is 0.209. The molecule has 0 radical (unpaired) electrons. The molecule has 84 valence electrons. The van der Waals surface area contributed by atoms with E-state index in [1.807, 2.05) is 18.4 Å². The van der Waals surface area contributed by atoms with Gasteiger partial charge in [0.15, 0.2) is 17.0 Å². The van der Waals surface area contributed by atoms with Crippen molar-refractivity contribution in [2.24, 2.45) is 0 Å². The predicted octanol–water partition coefficient (Wildman–Crippen LogP) is 1.50. The Labute approximate surface area is 91.2 Å². The molecule has 0 saturated carbocycles. The molecule has 0 fully saturated rings. The maximum Gasteiger partial charge on any atom is 0.410 e.